The van der Waals surface area contributed by atoms with Crippen molar-refractivity contribution in [2.45, 2.75) is 39.7 Å². The molecule has 0 radical (unpaired) electrons. The minimum absolute atomic E-state index is 0.0160. The van der Waals surface area contributed by atoms with Crippen molar-refractivity contribution in [3.63, 3.8) is 0 Å². The molecule has 1 rings (SSSR count). The van der Waals surface area contributed by atoms with Gasteiger partial charge in [0, 0.05) is 24.5 Å². The molecule has 0 spiro atoms. The molecule has 0 aromatic heterocycles. The van der Waals surface area contributed by atoms with E-state index < -0.39 is 11.0 Å². The molecule has 0 bridgehead atoms. The number of carbonyl (C=O) groups excluding carboxylic acids is 2. The molecule has 5 heteroatoms. The lowest BCUT2D eigenvalue weighted by Crippen LogP contribution is -2.61. The lowest BCUT2D eigenvalue weighted by atomic mass is 9.77. The zero-order valence-corrected chi connectivity index (χ0v) is 12.1. The Kier molecular flexibility index (Phi) is 4.11. The molecule has 1 aliphatic heterocycles. The Morgan fingerprint density at radius 2 is 1.89 bits per heavy atom. The maximum absolute atomic E-state index is 11.9. The fourth-order valence-electron chi connectivity index (χ4n) is 1.82. The second kappa shape index (κ2) is 4.92. The van der Waals surface area contributed by atoms with Crippen molar-refractivity contribution in [3.05, 3.63) is 11.6 Å². The van der Waals surface area contributed by atoms with Crippen LogP contribution < -0.4 is 0 Å². The first-order chi connectivity index (χ1) is 8.03. The number of hydrogen-bond donors (Lipinski definition) is 0. The summed E-state index contributed by atoms with van der Waals surface area (Å²) in [7, 11) is 0. The van der Waals surface area contributed by atoms with Crippen molar-refractivity contribution < 1.29 is 14.3 Å². The van der Waals surface area contributed by atoms with Crippen LogP contribution in [-0.2, 0) is 9.53 Å². The van der Waals surface area contributed by atoms with Gasteiger partial charge >= 0.3 is 6.09 Å². The standard InChI is InChI=1S/C13H20ClNO3/c1-9(14)6-10(16)13(5)7-15(8-13)11(17)18-12(2,3)4/h1,6-8H2,2-5H3. The summed E-state index contributed by atoms with van der Waals surface area (Å²) in [5.41, 5.74) is -1.04. The van der Waals surface area contributed by atoms with Crippen molar-refractivity contribution in [1.29, 1.82) is 0 Å². The molecule has 1 saturated heterocycles. The Labute approximate surface area is 113 Å². The van der Waals surface area contributed by atoms with E-state index in [1.807, 2.05) is 27.7 Å². The third kappa shape index (κ3) is 3.73. The Bertz CT molecular complexity index is 378. The Morgan fingerprint density at radius 3 is 2.28 bits per heavy atom. The van der Waals surface area contributed by atoms with Crippen molar-refractivity contribution in [2.75, 3.05) is 13.1 Å². The Morgan fingerprint density at radius 1 is 1.39 bits per heavy atom. The SMILES string of the molecule is C=C(Cl)CC(=O)C1(C)CN(C(=O)OC(C)(C)C)C1. The van der Waals surface area contributed by atoms with Crippen LogP contribution in [0.5, 0.6) is 0 Å². The minimum Gasteiger partial charge on any atom is -0.444 e. The highest BCUT2D eigenvalue weighted by molar-refractivity contribution is 6.30. The summed E-state index contributed by atoms with van der Waals surface area (Å²) in [6, 6.07) is 0. The molecule has 0 aromatic carbocycles. The van der Waals surface area contributed by atoms with Crippen LogP contribution in [0, 0.1) is 5.41 Å². The molecule has 1 heterocycles. The minimum atomic E-state index is -0.519. The van der Waals surface area contributed by atoms with E-state index in [0.717, 1.165) is 0 Å². The molecular weight excluding hydrogens is 254 g/mol. The molecule has 0 atom stereocenters. The van der Waals surface area contributed by atoms with Crippen molar-refractivity contribution in [2.24, 2.45) is 5.41 Å². The smallest absolute Gasteiger partial charge is 0.410 e. The normalized spacial score (nSPS) is 17.9. The van der Waals surface area contributed by atoms with Gasteiger partial charge in [-0.2, -0.15) is 0 Å². The zero-order chi connectivity index (χ0) is 14.1. The third-order valence-electron chi connectivity index (χ3n) is 2.76. The van der Waals surface area contributed by atoms with Gasteiger partial charge in [0.1, 0.15) is 11.4 Å². The van der Waals surface area contributed by atoms with Gasteiger partial charge in [0.2, 0.25) is 0 Å². The highest BCUT2D eigenvalue weighted by atomic mass is 35.5. The van der Waals surface area contributed by atoms with Gasteiger partial charge in [0.15, 0.2) is 0 Å². The molecular formula is C13H20ClNO3. The van der Waals surface area contributed by atoms with E-state index in [2.05, 4.69) is 6.58 Å². The highest BCUT2D eigenvalue weighted by Crippen LogP contribution is 2.34. The molecule has 102 valence electrons. The molecule has 0 unspecified atom stereocenters. The fourth-order valence-corrected chi connectivity index (χ4v) is 1.94. The lowest BCUT2D eigenvalue weighted by Gasteiger charge is -2.46. The Hall–Kier alpha value is -1.03. The van der Waals surface area contributed by atoms with Crippen LogP contribution in [0.1, 0.15) is 34.1 Å². The molecule has 1 amide bonds. The highest BCUT2D eigenvalue weighted by Gasteiger charge is 2.47. The zero-order valence-electron chi connectivity index (χ0n) is 11.4. The first kappa shape index (κ1) is 15.0. The van der Waals surface area contributed by atoms with Crippen LogP contribution in [0.25, 0.3) is 0 Å². The quantitative estimate of drug-likeness (QED) is 0.794. The maximum atomic E-state index is 11.9. The van der Waals surface area contributed by atoms with Gasteiger partial charge in [-0.05, 0) is 27.7 Å². The number of halogens is 1. The summed E-state index contributed by atoms with van der Waals surface area (Å²) in [5.74, 6) is 0.0160. The van der Waals surface area contributed by atoms with E-state index in [-0.39, 0.29) is 18.3 Å². The molecule has 0 saturated carbocycles. The number of ether oxygens (including phenoxy) is 1. The molecule has 0 aliphatic carbocycles. The summed E-state index contributed by atoms with van der Waals surface area (Å²) in [6.45, 7) is 11.5. The number of hydrogen-bond acceptors (Lipinski definition) is 3. The van der Waals surface area contributed by atoms with Crippen LogP contribution in [0.15, 0.2) is 11.6 Å². The largest absolute Gasteiger partial charge is 0.444 e. The number of allylic oxidation sites excluding steroid dienone is 1. The van der Waals surface area contributed by atoms with E-state index in [1.165, 1.54) is 4.90 Å². The maximum Gasteiger partial charge on any atom is 0.410 e. The van der Waals surface area contributed by atoms with Crippen LogP contribution >= 0.6 is 11.6 Å². The number of rotatable bonds is 3. The summed E-state index contributed by atoms with van der Waals surface area (Å²) in [5, 5.41) is 0.331. The summed E-state index contributed by atoms with van der Waals surface area (Å²) < 4.78 is 5.23. The number of nitrogens with zero attached hydrogens (tertiary/aromatic N) is 1. The number of ketones is 1. The summed E-state index contributed by atoms with van der Waals surface area (Å²) >= 11 is 5.63. The summed E-state index contributed by atoms with van der Waals surface area (Å²) in [4.78, 5) is 25.1. The van der Waals surface area contributed by atoms with Crippen LogP contribution in [0.2, 0.25) is 0 Å². The third-order valence-corrected chi connectivity index (χ3v) is 2.89. The molecule has 18 heavy (non-hydrogen) atoms. The van der Waals surface area contributed by atoms with E-state index in [9.17, 15) is 9.59 Å². The van der Waals surface area contributed by atoms with Crippen LogP contribution in [0.4, 0.5) is 4.79 Å². The van der Waals surface area contributed by atoms with Gasteiger partial charge in [0.05, 0.1) is 5.41 Å². The monoisotopic (exact) mass is 273 g/mol. The average molecular weight is 274 g/mol. The first-order valence-electron chi connectivity index (χ1n) is 5.88. The number of carbonyl (C=O) groups is 2. The van der Waals surface area contributed by atoms with Gasteiger partial charge in [-0.1, -0.05) is 18.2 Å². The molecule has 0 aromatic rings. The topological polar surface area (TPSA) is 46.6 Å². The van der Waals surface area contributed by atoms with Crippen molar-refractivity contribution in [3.8, 4) is 0 Å². The van der Waals surface area contributed by atoms with E-state index in [4.69, 9.17) is 16.3 Å². The van der Waals surface area contributed by atoms with Gasteiger partial charge in [0.25, 0.3) is 0 Å². The van der Waals surface area contributed by atoms with Gasteiger partial charge in [-0.3, -0.25) is 4.79 Å². The predicted molar refractivity (Wildman–Crippen MR) is 70.5 cm³/mol. The van der Waals surface area contributed by atoms with Crippen molar-refractivity contribution >= 4 is 23.5 Å². The molecule has 1 fully saturated rings. The second-order valence-electron chi connectivity index (χ2n) is 6.01. The molecule has 1 aliphatic rings. The summed E-state index contributed by atoms with van der Waals surface area (Å²) in [6.07, 6.45) is -0.224. The van der Waals surface area contributed by atoms with E-state index in [1.54, 1.807) is 0 Å². The number of likely N-dealkylation sites (tertiary alicyclic amines) is 1. The van der Waals surface area contributed by atoms with Crippen LogP contribution in [0.3, 0.4) is 0 Å². The van der Waals surface area contributed by atoms with Gasteiger partial charge < -0.3 is 9.64 Å². The number of Topliss-reactive ketones (excluding diaryl/α,β-unsaturated/α-hetero) is 1. The van der Waals surface area contributed by atoms with Gasteiger partial charge in [-0.25, -0.2) is 4.79 Å². The predicted octanol–water partition coefficient (Wildman–Crippen LogP) is 2.96. The molecule has 4 nitrogen and oxygen atoms in total. The molecule has 0 N–H and O–H groups in total. The number of amides is 1. The fraction of sp³-hybridized carbons (Fsp3) is 0.692. The average Bonchev–Trinajstić information content (AvgIpc) is 2.08. The van der Waals surface area contributed by atoms with Gasteiger partial charge in [-0.15, -0.1) is 0 Å². The second-order valence-corrected chi connectivity index (χ2v) is 6.55. The van der Waals surface area contributed by atoms with Crippen molar-refractivity contribution in [1.82, 2.24) is 4.90 Å². The van der Waals surface area contributed by atoms with E-state index in [0.29, 0.717) is 18.1 Å². The first-order valence-corrected chi connectivity index (χ1v) is 6.26. The van der Waals surface area contributed by atoms with Crippen LogP contribution in [-0.4, -0.2) is 35.5 Å². The lowest BCUT2D eigenvalue weighted by molar-refractivity contribution is -0.135. The Balaban J connectivity index is 2.50. The van der Waals surface area contributed by atoms with E-state index >= 15 is 0 Å².